The third-order valence-electron chi connectivity index (χ3n) is 5.86. The first-order chi connectivity index (χ1) is 18.3. The van der Waals surface area contributed by atoms with Gasteiger partial charge in [-0.25, -0.2) is 4.79 Å². The van der Waals surface area contributed by atoms with Crippen LogP contribution in [0, 0.1) is 6.92 Å². The first kappa shape index (κ1) is 31.1. The van der Waals surface area contributed by atoms with E-state index in [1.165, 1.54) is 4.90 Å². The molecule has 4 amide bonds. The van der Waals surface area contributed by atoms with Crippen molar-refractivity contribution in [3.63, 3.8) is 0 Å². The van der Waals surface area contributed by atoms with Gasteiger partial charge in [0.15, 0.2) is 0 Å². The van der Waals surface area contributed by atoms with Gasteiger partial charge in [0.05, 0.1) is 6.42 Å². The van der Waals surface area contributed by atoms with Crippen LogP contribution < -0.4 is 16.4 Å². The van der Waals surface area contributed by atoms with E-state index in [2.05, 4.69) is 10.6 Å². The van der Waals surface area contributed by atoms with E-state index in [1.54, 1.807) is 45.9 Å². The molecule has 0 heterocycles. The van der Waals surface area contributed by atoms with Crippen LogP contribution in [0.15, 0.2) is 48.5 Å². The lowest BCUT2D eigenvalue weighted by Gasteiger charge is -2.34. The summed E-state index contributed by atoms with van der Waals surface area (Å²) in [5.74, 6) is -2.17. The van der Waals surface area contributed by atoms with Gasteiger partial charge in [0.1, 0.15) is 23.4 Å². The Morgan fingerprint density at radius 3 is 2.31 bits per heavy atom. The minimum absolute atomic E-state index is 0.122. The Morgan fingerprint density at radius 2 is 1.72 bits per heavy atom. The number of phenolic OH excluding ortho intramolecular Hbond substituents is 1. The summed E-state index contributed by atoms with van der Waals surface area (Å²) >= 11 is 0. The van der Waals surface area contributed by atoms with Gasteiger partial charge >= 0.3 is 6.09 Å². The summed E-state index contributed by atoms with van der Waals surface area (Å²) in [6, 6.07) is 11.6. The van der Waals surface area contributed by atoms with Gasteiger partial charge < -0.3 is 31.1 Å². The van der Waals surface area contributed by atoms with Gasteiger partial charge in [0.2, 0.25) is 17.7 Å². The van der Waals surface area contributed by atoms with Crippen molar-refractivity contribution in [3.05, 3.63) is 65.2 Å². The van der Waals surface area contributed by atoms with Crippen LogP contribution in [0.1, 0.15) is 69.7 Å². The summed E-state index contributed by atoms with van der Waals surface area (Å²) in [6.45, 7) is 8.93. The second kappa shape index (κ2) is 14.2. The number of unbranched alkanes of at least 4 members (excludes halogenated alkanes) is 1. The molecular weight excluding hydrogens is 500 g/mol. The molecule has 2 aromatic rings. The topological polar surface area (TPSA) is 151 Å². The number of primary amides is 1. The fraction of sp³-hybridized carbons (Fsp3) is 0.448. The number of nitrogens with one attached hydrogen (secondary N) is 2. The van der Waals surface area contributed by atoms with Crippen LogP contribution in [0.5, 0.6) is 5.75 Å². The largest absolute Gasteiger partial charge is 0.507 e. The fourth-order valence-corrected chi connectivity index (χ4v) is 3.98. The highest BCUT2D eigenvalue weighted by atomic mass is 16.6. The van der Waals surface area contributed by atoms with Gasteiger partial charge in [0, 0.05) is 18.7 Å². The normalized spacial score (nSPS) is 12.6. The lowest BCUT2D eigenvalue weighted by molar-refractivity contribution is -0.143. The van der Waals surface area contributed by atoms with E-state index in [0.717, 1.165) is 5.56 Å². The predicted octanol–water partition coefficient (Wildman–Crippen LogP) is 3.46. The maximum absolute atomic E-state index is 14.0. The number of alkyl carbamates (subject to hydrolysis) is 1. The highest BCUT2D eigenvalue weighted by Gasteiger charge is 2.38. The number of para-hydroxylation sites is 1. The first-order valence-corrected chi connectivity index (χ1v) is 13.0. The predicted molar refractivity (Wildman–Crippen MR) is 147 cm³/mol. The van der Waals surface area contributed by atoms with Crippen molar-refractivity contribution >= 4 is 23.8 Å². The lowest BCUT2D eigenvalue weighted by Crippen LogP contribution is -2.54. The number of amides is 4. The molecule has 0 aromatic heterocycles. The number of phenols is 1. The third-order valence-corrected chi connectivity index (χ3v) is 5.86. The average molecular weight is 541 g/mol. The quantitative estimate of drug-likeness (QED) is 0.324. The summed E-state index contributed by atoms with van der Waals surface area (Å²) < 4.78 is 5.28. The SMILES string of the molecule is CCCCN(C(=O)C(CC(N)=O)NC(=O)OC(C)(C)C)C(C(=O)NCc1ccccc1)c1cccc(C)c1O. The standard InChI is InChI=1S/C29H40N4O6/c1-6-7-16-33(27(37)22(17-23(30)34)32-28(38)39-29(3,4)5)24(21-15-11-12-19(2)25(21)35)26(36)31-18-20-13-9-8-10-14-20/h8-15,22,24,35H,6-7,16-18H2,1-5H3,(H2,30,34)(H,31,36)(H,32,38). The number of aromatic hydroxyl groups is 1. The Hall–Kier alpha value is -4.08. The molecule has 0 saturated carbocycles. The van der Waals surface area contributed by atoms with E-state index in [-0.39, 0.29) is 24.4 Å². The average Bonchev–Trinajstić information content (AvgIpc) is 2.85. The summed E-state index contributed by atoms with van der Waals surface area (Å²) in [4.78, 5) is 53.4. The zero-order valence-electron chi connectivity index (χ0n) is 23.3. The van der Waals surface area contributed by atoms with Crippen molar-refractivity contribution in [2.24, 2.45) is 5.73 Å². The van der Waals surface area contributed by atoms with Crippen LogP contribution in [0.2, 0.25) is 0 Å². The Kier molecular flexibility index (Phi) is 11.3. The van der Waals surface area contributed by atoms with Gasteiger partial charge in [-0.05, 0) is 45.2 Å². The first-order valence-electron chi connectivity index (χ1n) is 13.0. The molecule has 2 aromatic carbocycles. The molecule has 39 heavy (non-hydrogen) atoms. The van der Waals surface area contributed by atoms with Gasteiger partial charge in [-0.3, -0.25) is 14.4 Å². The number of hydrogen-bond donors (Lipinski definition) is 4. The molecule has 2 atom stereocenters. The highest BCUT2D eigenvalue weighted by molar-refractivity contribution is 5.94. The zero-order valence-corrected chi connectivity index (χ0v) is 23.3. The molecule has 0 spiro atoms. The Bertz CT molecular complexity index is 1150. The summed E-state index contributed by atoms with van der Waals surface area (Å²) in [5, 5.41) is 16.2. The Morgan fingerprint density at radius 1 is 1.05 bits per heavy atom. The minimum Gasteiger partial charge on any atom is -0.507 e. The summed E-state index contributed by atoms with van der Waals surface area (Å²) in [6.07, 6.45) is -0.182. The molecule has 0 aliphatic heterocycles. The molecular formula is C29H40N4O6. The van der Waals surface area contributed by atoms with Crippen molar-refractivity contribution in [1.29, 1.82) is 0 Å². The molecule has 10 nitrogen and oxygen atoms in total. The van der Waals surface area contributed by atoms with Crippen molar-refractivity contribution in [2.45, 2.75) is 78.1 Å². The zero-order chi connectivity index (χ0) is 29.2. The fourth-order valence-electron chi connectivity index (χ4n) is 3.98. The Balaban J connectivity index is 2.52. The summed E-state index contributed by atoms with van der Waals surface area (Å²) in [5.41, 5.74) is 6.17. The number of nitrogens with two attached hydrogens (primary N) is 1. The monoisotopic (exact) mass is 540 g/mol. The molecule has 2 unspecified atom stereocenters. The van der Waals surface area contributed by atoms with Crippen LogP contribution in [-0.4, -0.2) is 52.0 Å². The van der Waals surface area contributed by atoms with Gasteiger partial charge in [-0.15, -0.1) is 0 Å². The highest BCUT2D eigenvalue weighted by Crippen LogP contribution is 2.32. The van der Waals surface area contributed by atoms with Crippen LogP contribution in [0.3, 0.4) is 0 Å². The maximum atomic E-state index is 14.0. The molecule has 0 bridgehead atoms. The van der Waals surface area contributed by atoms with E-state index in [4.69, 9.17) is 10.5 Å². The molecule has 0 saturated heterocycles. The number of benzene rings is 2. The number of aryl methyl sites for hydroxylation is 1. The van der Waals surface area contributed by atoms with E-state index in [9.17, 15) is 24.3 Å². The molecule has 0 radical (unpaired) electrons. The van der Waals surface area contributed by atoms with Gasteiger partial charge in [-0.1, -0.05) is 61.9 Å². The van der Waals surface area contributed by atoms with Crippen LogP contribution in [-0.2, 0) is 25.7 Å². The smallest absolute Gasteiger partial charge is 0.408 e. The van der Waals surface area contributed by atoms with Crippen LogP contribution >= 0.6 is 0 Å². The second-order valence-corrected chi connectivity index (χ2v) is 10.4. The number of nitrogens with zero attached hydrogens (tertiary/aromatic N) is 1. The number of ether oxygens (including phenoxy) is 1. The van der Waals surface area contributed by atoms with Crippen molar-refractivity contribution in [1.82, 2.24) is 15.5 Å². The van der Waals surface area contributed by atoms with E-state index >= 15 is 0 Å². The molecule has 10 heteroatoms. The van der Waals surface area contributed by atoms with E-state index < -0.39 is 47.9 Å². The van der Waals surface area contributed by atoms with Gasteiger partial charge in [0.25, 0.3) is 0 Å². The molecule has 5 N–H and O–H groups in total. The Labute approximate surface area is 229 Å². The molecule has 0 aliphatic rings. The molecule has 2 rings (SSSR count). The van der Waals surface area contributed by atoms with Crippen molar-refractivity contribution < 1.29 is 29.0 Å². The lowest BCUT2D eigenvalue weighted by atomic mass is 9.98. The van der Waals surface area contributed by atoms with E-state index in [1.807, 2.05) is 37.3 Å². The number of carbonyl (C=O) groups is 4. The van der Waals surface area contributed by atoms with Crippen LogP contribution in [0.4, 0.5) is 4.79 Å². The molecule has 0 fully saturated rings. The van der Waals surface area contributed by atoms with Crippen molar-refractivity contribution in [3.8, 4) is 5.75 Å². The van der Waals surface area contributed by atoms with E-state index in [0.29, 0.717) is 18.4 Å². The maximum Gasteiger partial charge on any atom is 0.408 e. The van der Waals surface area contributed by atoms with Gasteiger partial charge in [-0.2, -0.15) is 0 Å². The minimum atomic E-state index is -1.38. The number of rotatable bonds is 12. The van der Waals surface area contributed by atoms with Crippen molar-refractivity contribution in [2.75, 3.05) is 6.54 Å². The van der Waals surface area contributed by atoms with Crippen LogP contribution in [0.25, 0.3) is 0 Å². The summed E-state index contributed by atoms with van der Waals surface area (Å²) in [7, 11) is 0. The molecule has 212 valence electrons. The number of carbonyl (C=O) groups excluding carboxylic acids is 4. The third kappa shape index (κ3) is 9.63. The molecule has 0 aliphatic carbocycles. The second-order valence-electron chi connectivity index (χ2n) is 10.4. The number of hydrogen-bond acceptors (Lipinski definition) is 6.